The molecular formula is C23H27N3O2. The van der Waals surface area contributed by atoms with Crippen LogP contribution < -0.4 is 4.74 Å². The van der Waals surface area contributed by atoms with Crippen LogP contribution in [0.3, 0.4) is 0 Å². The van der Waals surface area contributed by atoms with E-state index in [1.165, 1.54) is 5.56 Å². The summed E-state index contributed by atoms with van der Waals surface area (Å²) in [5.41, 5.74) is 5.29. The van der Waals surface area contributed by atoms with Crippen molar-refractivity contribution < 1.29 is 9.53 Å². The molecule has 5 nitrogen and oxygen atoms in total. The number of nitrogens with zero attached hydrogens (tertiary/aromatic N) is 3. The molecular weight excluding hydrogens is 350 g/mol. The van der Waals surface area contributed by atoms with E-state index in [2.05, 4.69) is 5.10 Å². The number of ether oxygens (including phenoxy) is 1. The average molecular weight is 377 g/mol. The molecule has 0 saturated carbocycles. The Morgan fingerprint density at radius 1 is 1.04 bits per heavy atom. The topological polar surface area (TPSA) is 47.4 Å². The number of aryl methyl sites for hydroxylation is 2. The molecule has 0 saturated heterocycles. The first-order valence-corrected chi connectivity index (χ1v) is 9.49. The fourth-order valence-corrected chi connectivity index (χ4v) is 3.13. The van der Waals surface area contributed by atoms with Gasteiger partial charge in [0.05, 0.1) is 24.4 Å². The Hall–Kier alpha value is -3.08. The summed E-state index contributed by atoms with van der Waals surface area (Å²) < 4.78 is 7.61. The van der Waals surface area contributed by atoms with Crippen molar-refractivity contribution in [1.29, 1.82) is 0 Å². The van der Waals surface area contributed by atoms with Crippen LogP contribution in [0.1, 0.15) is 28.9 Å². The van der Waals surface area contributed by atoms with Crippen LogP contribution in [0, 0.1) is 20.8 Å². The Morgan fingerprint density at radius 2 is 1.71 bits per heavy atom. The van der Waals surface area contributed by atoms with Gasteiger partial charge in [0.15, 0.2) is 0 Å². The predicted octanol–water partition coefficient (Wildman–Crippen LogP) is 4.23. The van der Waals surface area contributed by atoms with Crippen molar-refractivity contribution in [3.63, 3.8) is 0 Å². The van der Waals surface area contributed by atoms with Crippen molar-refractivity contribution in [2.24, 2.45) is 0 Å². The molecule has 146 valence electrons. The van der Waals surface area contributed by atoms with Gasteiger partial charge in [0, 0.05) is 24.8 Å². The molecule has 0 aliphatic rings. The van der Waals surface area contributed by atoms with Gasteiger partial charge in [-0.2, -0.15) is 5.10 Å². The highest BCUT2D eigenvalue weighted by Crippen LogP contribution is 2.19. The summed E-state index contributed by atoms with van der Waals surface area (Å²) in [6.07, 6.45) is 0.343. The molecule has 3 aromatic rings. The number of para-hydroxylation sites is 1. The standard InChI is InChI=1S/C23H27N3O2/c1-17-10-12-21(13-11-17)28-15-14-23(27)25(4)16-22-18(2)24-26(19(22)3)20-8-6-5-7-9-20/h5-13H,14-16H2,1-4H3. The van der Waals surface area contributed by atoms with Gasteiger partial charge in [-0.25, -0.2) is 4.68 Å². The maximum absolute atomic E-state index is 12.5. The smallest absolute Gasteiger partial charge is 0.226 e. The number of amides is 1. The number of hydrogen-bond donors (Lipinski definition) is 0. The highest BCUT2D eigenvalue weighted by Gasteiger charge is 2.17. The van der Waals surface area contributed by atoms with Crippen molar-refractivity contribution in [2.75, 3.05) is 13.7 Å². The zero-order valence-corrected chi connectivity index (χ0v) is 17.0. The lowest BCUT2D eigenvalue weighted by molar-refractivity contribution is -0.130. The Bertz CT molecular complexity index is 930. The van der Waals surface area contributed by atoms with Crippen molar-refractivity contribution >= 4 is 5.91 Å². The molecule has 0 radical (unpaired) electrons. The number of carbonyl (C=O) groups is 1. The van der Waals surface area contributed by atoms with Gasteiger partial charge in [-0.3, -0.25) is 4.79 Å². The van der Waals surface area contributed by atoms with E-state index >= 15 is 0 Å². The normalized spacial score (nSPS) is 10.7. The molecule has 3 rings (SSSR count). The van der Waals surface area contributed by atoms with Crippen molar-refractivity contribution in [3.05, 3.63) is 77.1 Å². The zero-order valence-electron chi connectivity index (χ0n) is 17.0. The summed E-state index contributed by atoms with van der Waals surface area (Å²) in [7, 11) is 1.83. The average Bonchev–Trinajstić information content (AvgIpc) is 2.98. The summed E-state index contributed by atoms with van der Waals surface area (Å²) in [4.78, 5) is 14.3. The molecule has 1 amide bonds. The molecule has 5 heteroatoms. The van der Waals surface area contributed by atoms with Crippen molar-refractivity contribution in [2.45, 2.75) is 33.7 Å². The van der Waals surface area contributed by atoms with Gasteiger partial charge in [0.1, 0.15) is 5.75 Å². The fraction of sp³-hybridized carbons (Fsp3) is 0.304. The first-order chi connectivity index (χ1) is 13.5. The molecule has 28 heavy (non-hydrogen) atoms. The highest BCUT2D eigenvalue weighted by atomic mass is 16.5. The second-order valence-electron chi connectivity index (χ2n) is 7.06. The third kappa shape index (κ3) is 4.60. The molecule has 2 aromatic carbocycles. The Kier molecular flexibility index (Phi) is 6.14. The minimum atomic E-state index is 0.0540. The minimum Gasteiger partial charge on any atom is -0.493 e. The molecule has 0 aliphatic heterocycles. The summed E-state index contributed by atoms with van der Waals surface area (Å²) in [5, 5.41) is 4.66. The van der Waals surface area contributed by atoms with E-state index in [4.69, 9.17) is 4.74 Å². The number of hydrogen-bond acceptors (Lipinski definition) is 3. The summed E-state index contributed by atoms with van der Waals surface area (Å²) >= 11 is 0. The molecule has 0 aliphatic carbocycles. The van der Waals surface area contributed by atoms with E-state index in [-0.39, 0.29) is 5.91 Å². The third-order valence-corrected chi connectivity index (χ3v) is 4.87. The van der Waals surface area contributed by atoms with Crippen LogP contribution in [0.25, 0.3) is 5.69 Å². The lowest BCUT2D eigenvalue weighted by Crippen LogP contribution is -2.28. The molecule has 0 unspecified atom stereocenters. The van der Waals surface area contributed by atoms with Gasteiger partial charge in [0.2, 0.25) is 5.91 Å². The summed E-state index contributed by atoms with van der Waals surface area (Å²) in [5.74, 6) is 0.843. The third-order valence-electron chi connectivity index (χ3n) is 4.87. The first kappa shape index (κ1) is 19.7. The van der Waals surface area contributed by atoms with Crippen LogP contribution in [-0.4, -0.2) is 34.2 Å². The van der Waals surface area contributed by atoms with Crippen LogP contribution >= 0.6 is 0 Å². The van der Waals surface area contributed by atoms with E-state index in [0.717, 1.165) is 28.4 Å². The van der Waals surface area contributed by atoms with E-state index in [9.17, 15) is 4.79 Å². The van der Waals surface area contributed by atoms with Crippen LogP contribution in [-0.2, 0) is 11.3 Å². The first-order valence-electron chi connectivity index (χ1n) is 9.49. The highest BCUT2D eigenvalue weighted by molar-refractivity contribution is 5.76. The van der Waals surface area contributed by atoms with Gasteiger partial charge in [0.25, 0.3) is 0 Å². The molecule has 0 N–H and O–H groups in total. The van der Waals surface area contributed by atoms with E-state index in [1.54, 1.807) is 4.90 Å². The monoisotopic (exact) mass is 377 g/mol. The second-order valence-corrected chi connectivity index (χ2v) is 7.06. The van der Waals surface area contributed by atoms with E-state index < -0.39 is 0 Å². The van der Waals surface area contributed by atoms with Crippen LogP contribution in [0.5, 0.6) is 5.75 Å². The lowest BCUT2D eigenvalue weighted by atomic mass is 10.2. The van der Waals surface area contributed by atoms with E-state index in [0.29, 0.717) is 19.6 Å². The number of carbonyl (C=O) groups excluding carboxylic acids is 1. The Balaban J connectivity index is 1.59. The molecule has 0 bridgehead atoms. The number of benzene rings is 2. The SMILES string of the molecule is Cc1ccc(OCCC(=O)N(C)Cc2c(C)nn(-c3ccccc3)c2C)cc1. The maximum atomic E-state index is 12.5. The summed E-state index contributed by atoms with van der Waals surface area (Å²) in [6, 6.07) is 17.9. The maximum Gasteiger partial charge on any atom is 0.226 e. The number of rotatable bonds is 7. The van der Waals surface area contributed by atoms with E-state index in [1.807, 2.05) is 87.1 Å². The van der Waals surface area contributed by atoms with Crippen LogP contribution in [0.4, 0.5) is 0 Å². The van der Waals surface area contributed by atoms with Crippen molar-refractivity contribution in [1.82, 2.24) is 14.7 Å². The molecule has 1 heterocycles. The molecule has 0 fully saturated rings. The van der Waals surface area contributed by atoms with Gasteiger partial charge < -0.3 is 9.64 Å². The van der Waals surface area contributed by atoms with Gasteiger partial charge in [-0.05, 0) is 45.0 Å². The second kappa shape index (κ2) is 8.74. The van der Waals surface area contributed by atoms with Crippen LogP contribution in [0.2, 0.25) is 0 Å². The minimum absolute atomic E-state index is 0.0540. The number of aromatic nitrogens is 2. The molecule has 1 aromatic heterocycles. The van der Waals surface area contributed by atoms with Crippen molar-refractivity contribution in [3.8, 4) is 11.4 Å². The fourth-order valence-electron chi connectivity index (χ4n) is 3.13. The largest absolute Gasteiger partial charge is 0.493 e. The van der Waals surface area contributed by atoms with Gasteiger partial charge in [-0.1, -0.05) is 35.9 Å². The Morgan fingerprint density at radius 3 is 2.39 bits per heavy atom. The Labute approximate surface area is 166 Å². The molecule has 0 spiro atoms. The zero-order chi connectivity index (χ0) is 20.1. The lowest BCUT2D eigenvalue weighted by Gasteiger charge is -2.18. The van der Waals surface area contributed by atoms with Crippen LogP contribution in [0.15, 0.2) is 54.6 Å². The quantitative estimate of drug-likeness (QED) is 0.619. The summed E-state index contributed by atoms with van der Waals surface area (Å²) in [6.45, 7) is 6.97. The van der Waals surface area contributed by atoms with Gasteiger partial charge >= 0.3 is 0 Å². The predicted molar refractivity (Wildman–Crippen MR) is 111 cm³/mol. The molecule has 0 atom stereocenters. The van der Waals surface area contributed by atoms with Gasteiger partial charge in [-0.15, -0.1) is 0 Å².